The Bertz CT molecular complexity index is 948. The van der Waals surface area contributed by atoms with Crippen molar-refractivity contribution in [2.45, 2.75) is 12.5 Å². The third-order valence-corrected chi connectivity index (χ3v) is 4.72. The van der Waals surface area contributed by atoms with Gasteiger partial charge in [0.05, 0.1) is 12.5 Å². The number of nitrogens with zero attached hydrogens (tertiary/aromatic N) is 3. The van der Waals surface area contributed by atoms with Gasteiger partial charge in [0.2, 0.25) is 5.91 Å². The molecular formula is C20H22N6O4. The summed E-state index contributed by atoms with van der Waals surface area (Å²) < 4.78 is 0. The number of nitrogens with two attached hydrogens (primary N) is 1. The molecule has 0 radical (unpaired) electrons. The highest BCUT2D eigenvalue weighted by Crippen LogP contribution is 2.21. The molecule has 10 nitrogen and oxygen atoms in total. The van der Waals surface area contributed by atoms with Crippen LogP contribution in [0.1, 0.15) is 23.6 Å². The van der Waals surface area contributed by atoms with E-state index in [4.69, 9.17) is 16.2 Å². The number of carbonyl (C=O) groups excluding carboxylic acids is 2. The zero-order chi connectivity index (χ0) is 21.7. The first-order valence-electron chi connectivity index (χ1n) is 9.27. The molecule has 156 valence electrons. The van der Waals surface area contributed by atoms with Gasteiger partial charge in [0.15, 0.2) is 0 Å². The van der Waals surface area contributed by atoms with Crippen LogP contribution >= 0.6 is 0 Å². The lowest BCUT2D eigenvalue weighted by atomic mass is 10.1. The molecular weight excluding hydrogens is 388 g/mol. The summed E-state index contributed by atoms with van der Waals surface area (Å²) in [6.45, 7) is 0.584. The molecule has 1 atom stereocenters. The number of carboxylic acids is 1. The number of nitrogens with one attached hydrogen (secondary N) is 2. The van der Waals surface area contributed by atoms with Gasteiger partial charge < -0.3 is 21.1 Å². The summed E-state index contributed by atoms with van der Waals surface area (Å²) in [6.07, 6.45) is 2.77. The van der Waals surface area contributed by atoms with Gasteiger partial charge >= 0.3 is 12.0 Å². The van der Waals surface area contributed by atoms with E-state index in [-0.39, 0.29) is 24.8 Å². The largest absolute Gasteiger partial charge is 0.481 e. The third kappa shape index (κ3) is 4.90. The van der Waals surface area contributed by atoms with Crippen LogP contribution in [0.15, 0.2) is 48.8 Å². The second-order valence-electron chi connectivity index (χ2n) is 6.82. The van der Waals surface area contributed by atoms with Crippen LogP contribution in [0.5, 0.6) is 0 Å². The summed E-state index contributed by atoms with van der Waals surface area (Å²) >= 11 is 0. The van der Waals surface area contributed by atoms with Crippen molar-refractivity contribution in [2.24, 2.45) is 5.73 Å². The molecule has 0 spiro atoms. The second-order valence-corrected chi connectivity index (χ2v) is 6.82. The Morgan fingerprint density at radius 3 is 2.57 bits per heavy atom. The number of aliphatic carboxylic acids is 1. The molecule has 3 amide bonds. The van der Waals surface area contributed by atoms with E-state index in [1.165, 1.54) is 16.0 Å². The highest BCUT2D eigenvalue weighted by molar-refractivity contribution is 5.98. The molecule has 3 rings (SSSR count). The number of benzene rings is 1. The summed E-state index contributed by atoms with van der Waals surface area (Å²) in [5.74, 6) is -1.56. The zero-order valence-corrected chi connectivity index (χ0v) is 16.1. The van der Waals surface area contributed by atoms with Gasteiger partial charge in [-0.2, -0.15) is 0 Å². The number of hydrogen-bond donors (Lipinski definition) is 4. The summed E-state index contributed by atoms with van der Waals surface area (Å²) in [6, 6.07) is 9.00. The van der Waals surface area contributed by atoms with Gasteiger partial charge in [0, 0.05) is 36.7 Å². The standard InChI is InChI=1S/C20H22N6O4/c21-19(22)13-3-5-15(6-4-13)26-9-8-25(20(26)30)12-17(27)24-16(10-18(28)29)14-2-1-7-23-11-14/h1-7,11,16H,8-10,12H2,(H3,21,22)(H,24,27)(H,28,29). The Kier molecular flexibility index (Phi) is 6.26. The average Bonchev–Trinajstić information content (AvgIpc) is 3.08. The molecule has 1 aromatic carbocycles. The molecule has 0 bridgehead atoms. The fourth-order valence-electron chi connectivity index (χ4n) is 3.21. The Morgan fingerprint density at radius 1 is 1.23 bits per heavy atom. The zero-order valence-electron chi connectivity index (χ0n) is 16.1. The number of amidine groups is 1. The van der Waals surface area contributed by atoms with Crippen molar-refractivity contribution in [1.82, 2.24) is 15.2 Å². The van der Waals surface area contributed by atoms with Gasteiger partial charge in [-0.1, -0.05) is 6.07 Å². The number of hydrogen-bond acceptors (Lipinski definition) is 5. The lowest BCUT2D eigenvalue weighted by molar-refractivity contribution is -0.137. The molecule has 2 aromatic rings. The monoisotopic (exact) mass is 410 g/mol. The van der Waals surface area contributed by atoms with Crippen molar-refractivity contribution in [1.29, 1.82) is 5.41 Å². The molecule has 30 heavy (non-hydrogen) atoms. The number of rotatable bonds is 8. The number of urea groups is 1. The second kappa shape index (κ2) is 9.03. The van der Waals surface area contributed by atoms with E-state index in [9.17, 15) is 14.4 Å². The highest BCUT2D eigenvalue weighted by Gasteiger charge is 2.31. The van der Waals surface area contributed by atoms with Crippen molar-refractivity contribution in [3.8, 4) is 0 Å². The normalized spacial score (nSPS) is 14.5. The lowest BCUT2D eigenvalue weighted by Crippen LogP contribution is -2.41. The lowest BCUT2D eigenvalue weighted by Gasteiger charge is -2.21. The van der Waals surface area contributed by atoms with Crippen LogP contribution in [-0.4, -0.2) is 58.4 Å². The number of carbonyl (C=O) groups is 3. The molecule has 1 unspecified atom stereocenters. The topological polar surface area (TPSA) is 153 Å². The van der Waals surface area contributed by atoms with Crippen molar-refractivity contribution >= 4 is 29.4 Å². The van der Waals surface area contributed by atoms with Crippen molar-refractivity contribution in [3.05, 3.63) is 59.9 Å². The van der Waals surface area contributed by atoms with E-state index in [2.05, 4.69) is 10.3 Å². The Morgan fingerprint density at radius 2 is 1.97 bits per heavy atom. The summed E-state index contributed by atoms with van der Waals surface area (Å²) in [5, 5.41) is 19.2. The molecule has 1 aromatic heterocycles. The van der Waals surface area contributed by atoms with E-state index >= 15 is 0 Å². The first-order valence-corrected chi connectivity index (χ1v) is 9.27. The molecule has 10 heteroatoms. The molecule has 2 heterocycles. The van der Waals surface area contributed by atoms with E-state index in [0.29, 0.717) is 29.9 Å². The number of aromatic nitrogens is 1. The maximum Gasteiger partial charge on any atom is 0.325 e. The Balaban J connectivity index is 1.63. The molecule has 1 aliphatic heterocycles. The van der Waals surface area contributed by atoms with E-state index in [1.807, 2.05) is 0 Å². The van der Waals surface area contributed by atoms with E-state index < -0.39 is 17.9 Å². The number of amides is 3. The van der Waals surface area contributed by atoms with Gasteiger partial charge in [-0.3, -0.25) is 24.9 Å². The fraction of sp³-hybridized carbons (Fsp3) is 0.250. The smallest absolute Gasteiger partial charge is 0.325 e. The van der Waals surface area contributed by atoms with Crippen LogP contribution in [0, 0.1) is 5.41 Å². The first-order chi connectivity index (χ1) is 14.3. The predicted octanol–water partition coefficient (Wildman–Crippen LogP) is 0.940. The molecule has 0 saturated carbocycles. The van der Waals surface area contributed by atoms with Crippen LogP contribution in [0.2, 0.25) is 0 Å². The highest BCUT2D eigenvalue weighted by atomic mass is 16.4. The van der Waals surface area contributed by atoms with Crippen LogP contribution < -0.4 is 16.0 Å². The summed E-state index contributed by atoms with van der Waals surface area (Å²) in [5.41, 5.74) is 7.22. The summed E-state index contributed by atoms with van der Waals surface area (Å²) in [4.78, 5) is 43.2. The molecule has 0 aliphatic carbocycles. The van der Waals surface area contributed by atoms with Gasteiger partial charge in [0.1, 0.15) is 12.4 Å². The molecule has 1 fully saturated rings. The first kappa shape index (κ1) is 20.8. The number of anilines is 1. The Hall–Kier alpha value is -3.95. The van der Waals surface area contributed by atoms with E-state index in [1.54, 1.807) is 42.6 Å². The van der Waals surface area contributed by atoms with Gasteiger partial charge in [0.25, 0.3) is 0 Å². The average molecular weight is 410 g/mol. The molecule has 1 aliphatic rings. The van der Waals surface area contributed by atoms with Crippen LogP contribution in [0.3, 0.4) is 0 Å². The minimum atomic E-state index is -1.05. The van der Waals surface area contributed by atoms with Crippen molar-refractivity contribution < 1.29 is 19.5 Å². The number of carboxylic acid groups (broad SMARTS) is 1. The number of nitrogen functional groups attached to an aromatic ring is 1. The molecule has 1 saturated heterocycles. The quantitative estimate of drug-likeness (QED) is 0.375. The maximum atomic E-state index is 12.7. The van der Waals surface area contributed by atoms with E-state index in [0.717, 1.165) is 0 Å². The maximum absolute atomic E-state index is 12.7. The Labute approximate surface area is 172 Å². The SMILES string of the molecule is N=C(N)c1ccc(N2CCN(CC(=O)NC(CC(=O)O)c3cccnc3)C2=O)cc1. The predicted molar refractivity (Wildman–Crippen MR) is 109 cm³/mol. The van der Waals surface area contributed by atoms with Gasteiger partial charge in [-0.05, 0) is 35.9 Å². The number of pyridine rings is 1. The van der Waals surface area contributed by atoms with Gasteiger partial charge in [-0.15, -0.1) is 0 Å². The van der Waals surface area contributed by atoms with Gasteiger partial charge in [-0.25, -0.2) is 4.79 Å². The minimum absolute atomic E-state index is 0.0582. The van der Waals surface area contributed by atoms with Crippen LogP contribution in [0.25, 0.3) is 0 Å². The van der Waals surface area contributed by atoms with Crippen molar-refractivity contribution in [3.63, 3.8) is 0 Å². The van der Waals surface area contributed by atoms with Crippen molar-refractivity contribution in [2.75, 3.05) is 24.5 Å². The summed E-state index contributed by atoms with van der Waals surface area (Å²) in [7, 11) is 0. The fourth-order valence-corrected chi connectivity index (χ4v) is 3.21. The van der Waals surface area contributed by atoms with Crippen LogP contribution in [0.4, 0.5) is 10.5 Å². The minimum Gasteiger partial charge on any atom is -0.481 e. The third-order valence-electron chi connectivity index (χ3n) is 4.72. The van der Waals surface area contributed by atoms with Crippen LogP contribution in [-0.2, 0) is 9.59 Å². The molecule has 5 N–H and O–H groups in total.